The van der Waals surface area contributed by atoms with Gasteiger partial charge >= 0.3 is 0 Å². The summed E-state index contributed by atoms with van der Waals surface area (Å²) >= 11 is 0. The molecule has 1 atom stereocenters. The highest BCUT2D eigenvalue weighted by Gasteiger charge is 2.28. The summed E-state index contributed by atoms with van der Waals surface area (Å²) in [7, 11) is 0. The van der Waals surface area contributed by atoms with Crippen LogP contribution in [0.25, 0.3) is 11.0 Å². The van der Waals surface area contributed by atoms with Crippen LogP contribution < -0.4 is 5.32 Å². The van der Waals surface area contributed by atoms with Gasteiger partial charge in [-0.15, -0.1) is 0 Å². The van der Waals surface area contributed by atoms with Crippen molar-refractivity contribution in [2.75, 3.05) is 6.54 Å². The number of fused-ring (bicyclic) bond motifs is 1. The zero-order chi connectivity index (χ0) is 17.3. The Labute approximate surface area is 142 Å². The molecule has 0 aliphatic heterocycles. The summed E-state index contributed by atoms with van der Waals surface area (Å²) in [6, 6.07) is 2.11. The van der Waals surface area contributed by atoms with Gasteiger partial charge in [0.1, 0.15) is 0 Å². The predicted octanol–water partition coefficient (Wildman–Crippen LogP) is 2.78. The average molecular weight is 330 g/mol. The third-order valence-electron chi connectivity index (χ3n) is 4.55. The summed E-state index contributed by atoms with van der Waals surface area (Å²) in [6.07, 6.45) is 4.90. The Morgan fingerprint density at radius 2 is 2.21 bits per heavy atom. The largest absolute Gasteiger partial charge is 0.393 e. The van der Waals surface area contributed by atoms with Gasteiger partial charge in [0.2, 0.25) is 0 Å². The number of rotatable bonds is 7. The molecule has 24 heavy (non-hydrogen) atoms. The Morgan fingerprint density at radius 3 is 2.83 bits per heavy atom. The molecule has 0 spiro atoms. The molecule has 2 N–H and O–H groups in total. The summed E-state index contributed by atoms with van der Waals surface area (Å²) in [5.41, 5.74) is 2.41. The number of aliphatic hydroxyl groups excluding tert-OH is 1. The van der Waals surface area contributed by atoms with Crippen molar-refractivity contribution in [1.29, 1.82) is 0 Å². The minimum Gasteiger partial charge on any atom is -0.393 e. The van der Waals surface area contributed by atoms with E-state index in [1.807, 2.05) is 17.7 Å². The van der Waals surface area contributed by atoms with E-state index in [9.17, 15) is 9.90 Å². The normalized spacial score (nSPS) is 15.9. The third-order valence-corrected chi connectivity index (χ3v) is 4.55. The summed E-state index contributed by atoms with van der Waals surface area (Å²) < 4.78 is 1.87. The molecule has 0 aromatic carbocycles. The Kier molecular flexibility index (Phi) is 4.85. The van der Waals surface area contributed by atoms with Gasteiger partial charge in [0.25, 0.3) is 5.91 Å². The highest BCUT2D eigenvalue weighted by Crippen LogP contribution is 2.40. The first-order valence-electron chi connectivity index (χ1n) is 8.85. The van der Waals surface area contributed by atoms with Crippen molar-refractivity contribution >= 4 is 16.9 Å². The zero-order valence-electron chi connectivity index (χ0n) is 14.6. The molecule has 0 saturated heterocycles. The van der Waals surface area contributed by atoms with Crippen molar-refractivity contribution < 1.29 is 9.90 Å². The molecule has 6 nitrogen and oxygen atoms in total. The lowest BCUT2D eigenvalue weighted by Crippen LogP contribution is -2.27. The third kappa shape index (κ3) is 3.43. The van der Waals surface area contributed by atoms with Crippen LogP contribution in [0, 0.1) is 0 Å². The molecule has 2 aromatic heterocycles. The second kappa shape index (κ2) is 6.89. The topological polar surface area (TPSA) is 80.0 Å². The van der Waals surface area contributed by atoms with Crippen LogP contribution in [0.1, 0.15) is 74.5 Å². The number of aliphatic hydroxyl groups is 1. The summed E-state index contributed by atoms with van der Waals surface area (Å²) in [4.78, 5) is 17.4. The quantitative estimate of drug-likeness (QED) is 0.818. The first kappa shape index (κ1) is 16.9. The summed E-state index contributed by atoms with van der Waals surface area (Å²) in [5.74, 6) is 0.356. The lowest BCUT2D eigenvalue weighted by atomic mass is 10.1. The van der Waals surface area contributed by atoms with E-state index in [2.05, 4.69) is 24.3 Å². The van der Waals surface area contributed by atoms with Crippen LogP contribution in [0.15, 0.2) is 12.3 Å². The smallest absolute Gasteiger partial charge is 0.252 e. The van der Waals surface area contributed by atoms with E-state index >= 15 is 0 Å². The maximum atomic E-state index is 12.6. The maximum absolute atomic E-state index is 12.6. The number of nitrogens with one attached hydrogen (secondary N) is 1. The van der Waals surface area contributed by atoms with Gasteiger partial charge in [0.15, 0.2) is 5.65 Å². The number of pyridine rings is 1. The molecule has 1 fully saturated rings. The standard InChI is InChI=1S/C18H26N4O2/c1-4-13(23)7-8-19-18(24)14-9-16(12-5-6-12)21-17-15(14)10-20-22(17)11(2)3/h9-13,23H,4-8H2,1-3H3,(H,19,24). The number of carbonyl (C=O) groups is 1. The molecule has 6 heteroatoms. The molecule has 2 aromatic rings. The SMILES string of the molecule is CCC(O)CCNC(=O)c1cc(C2CC2)nc2c1cnn2C(C)C. The van der Waals surface area contributed by atoms with E-state index in [1.54, 1.807) is 6.20 Å². The molecule has 1 amide bonds. The van der Waals surface area contributed by atoms with Gasteiger partial charge < -0.3 is 10.4 Å². The molecular formula is C18H26N4O2. The minimum atomic E-state index is -0.367. The zero-order valence-corrected chi connectivity index (χ0v) is 14.6. The molecule has 0 radical (unpaired) electrons. The molecule has 1 aliphatic rings. The van der Waals surface area contributed by atoms with Crippen molar-refractivity contribution in [3.63, 3.8) is 0 Å². The van der Waals surface area contributed by atoms with E-state index in [0.29, 0.717) is 30.9 Å². The fourth-order valence-electron chi connectivity index (χ4n) is 2.84. The Morgan fingerprint density at radius 1 is 1.46 bits per heavy atom. The van der Waals surface area contributed by atoms with E-state index < -0.39 is 0 Å². The first-order chi connectivity index (χ1) is 11.5. The van der Waals surface area contributed by atoms with Gasteiger partial charge in [-0.25, -0.2) is 9.67 Å². The molecular weight excluding hydrogens is 304 g/mol. The van der Waals surface area contributed by atoms with E-state index in [4.69, 9.17) is 4.98 Å². The van der Waals surface area contributed by atoms with Gasteiger partial charge in [0, 0.05) is 24.2 Å². The molecule has 0 bridgehead atoms. The molecule has 1 aliphatic carbocycles. The Hall–Kier alpha value is -1.95. The first-order valence-corrected chi connectivity index (χ1v) is 8.85. The van der Waals surface area contributed by atoms with E-state index in [1.165, 1.54) is 0 Å². The number of nitrogens with zero attached hydrogens (tertiary/aromatic N) is 3. The van der Waals surface area contributed by atoms with Crippen molar-refractivity contribution in [3.8, 4) is 0 Å². The monoisotopic (exact) mass is 330 g/mol. The second-order valence-corrected chi connectivity index (χ2v) is 6.90. The predicted molar refractivity (Wildman–Crippen MR) is 93.1 cm³/mol. The van der Waals surface area contributed by atoms with Gasteiger partial charge in [-0.3, -0.25) is 4.79 Å². The van der Waals surface area contributed by atoms with E-state index in [0.717, 1.165) is 29.6 Å². The van der Waals surface area contributed by atoms with Gasteiger partial charge in [0.05, 0.1) is 23.3 Å². The minimum absolute atomic E-state index is 0.115. The fraction of sp³-hybridized carbons (Fsp3) is 0.611. The number of hydrogen-bond acceptors (Lipinski definition) is 4. The van der Waals surface area contributed by atoms with Crippen LogP contribution in [-0.4, -0.2) is 38.4 Å². The van der Waals surface area contributed by atoms with Gasteiger partial charge in [-0.1, -0.05) is 6.92 Å². The van der Waals surface area contributed by atoms with Crippen LogP contribution in [0.3, 0.4) is 0 Å². The highest BCUT2D eigenvalue weighted by atomic mass is 16.3. The van der Waals surface area contributed by atoms with Crippen LogP contribution in [0.4, 0.5) is 0 Å². The van der Waals surface area contributed by atoms with E-state index in [-0.39, 0.29) is 18.1 Å². The summed E-state index contributed by atoms with van der Waals surface area (Å²) in [6.45, 7) is 6.52. The average Bonchev–Trinajstić information content (AvgIpc) is 3.32. The molecule has 1 unspecified atom stereocenters. The second-order valence-electron chi connectivity index (χ2n) is 6.90. The number of carbonyl (C=O) groups excluding carboxylic acids is 1. The van der Waals surface area contributed by atoms with Gasteiger partial charge in [-0.05, 0) is 45.6 Å². The van der Waals surface area contributed by atoms with Crippen molar-refractivity contribution in [1.82, 2.24) is 20.1 Å². The lowest BCUT2D eigenvalue weighted by molar-refractivity contribution is 0.0943. The summed E-state index contributed by atoms with van der Waals surface area (Å²) in [5, 5.41) is 17.8. The molecule has 1 saturated carbocycles. The van der Waals surface area contributed by atoms with Crippen LogP contribution in [-0.2, 0) is 0 Å². The molecule has 2 heterocycles. The molecule has 3 rings (SSSR count). The Bertz CT molecular complexity index is 734. The fourth-order valence-corrected chi connectivity index (χ4v) is 2.84. The van der Waals surface area contributed by atoms with Crippen LogP contribution >= 0.6 is 0 Å². The highest BCUT2D eigenvalue weighted by molar-refractivity contribution is 6.05. The van der Waals surface area contributed by atoms with Crippen molar-refractivity contribution in [2.45, 2.75) is 64.5 Å². The van der Waals surface area contributed by atoms with Crippen molar-refractivity contribution in [3.05, 3.63) is 23.5 Å². The Balaban J connectivity index is 1.89. The molecule has 130 valence electrons. The van der Waals surface area contributed by atoms with Crippen LogP contribution in [0.2, 0.25) is 0 Å². The number of amides is 1. The number of hydrogen-bond donors (Lipinski definition) is 2. The van der Waals surface area contributed by atoms with Crippen molar-refractivity contribution in [2.24, 2.45) is 0 Å². The van der Waals surface area contributed by atoms with Gasteiger partial charge in [-0.2, -0.15) is 5.10 Å². The van der Waals surface area contributed by atoms with Crippen LogP contribution in [0.5, 0.6) is 0 Å². The lowest BCUT2D eigenvalue weighted by Gasteiger charge is -2.11. The maximum Gasteiger partial charge on any atom is 0.252 e. The number of aromatic nitrogens is 3.